The Labute approximate surface area is 207 Å². The number of morpholine rings is 1. The zero-order valence-corrected chi connectivity index (χ0v) is 20.8. The number of nitrogens with zero attached hydrogens (tertiary/aromatic N) is 4. The topological polar surface area (TPSA) is 57.3 Å². The van der Waals surface area contributed by atoms with Crippen LogP contribution in [-0.2, 0) is 17.8 Å². The van der Waals surface area contributed by atoms with Crippen molar-refractivity contribution in [3.63, 3.8) is 0 Å². The van der Waals surface area contributed by atoms with Crippen molar-refractivity contribution in [1.29, 1.82) is 0 Å². The van der Waals surface area contributed by atoms with E-state index in [0.29, 0.717) is 12.5 Å². The smallest absolute Gasteiger partial charge is 0.191 e. The Hall–Kier alpha value is -1.55. The third-order valence-electron chi connectivity index (χ3n) is 5.72. The van der Waals surface area contributed by atoms with E-state index in [-0.39, 0.29) is 24.0 Å². The van der Waals surface area contributed by atoms with E-state index in [1.165, 1.54) is 16.8 Å². The summed E-state index contributed by atoms with van der Waals surface area (Å²) >= 11 is 5.99. The van der Waals surface area contributed by atoms with Crippen LogP contribution < -0.4 is 10.6 Å². The average Bonchev–Trinajstić information content (AvgIpc) is 2.79. The van der Waals surface area contributed by atoms with E-state index in [1.807, 2.05) is 12.1 Å². The van der Waals surface area contributed by atoms with Crippen LogP contribution in [0.1, 0.15) is 11.1 Å². The van der Waals surface area contributed by atoms with Gasteiger partial charge in [-0.1, -0.05) is 35.9 Å². The monoisotopic (exact) mass is 555 g/mol. The summed E-state index contributed by atoms with van der Waals surface area (Å²) in [6, 6.07) is 16.7. The number of hydrogen-bond acceptors (Lipinski definition) is 4. The number of aliphatic imine (C=N–C) groups is 1. The van der Waals surface area contributed by atoms with Gasteiger partial charge in [0.2, 0.25) is 0 Å². The molecule has 0 unspecified atom stereocenters. The molecule has 4 rings (SSSR count). The number of halogens is 2. The molecule has 2 aromatic rings. The molecule has 0 aromatic heterocycles. The Kier molecular flexibility index (Phi) is 9.25. The van der Waals surface area contributed by atoms with Gasteiger partial charge in [0, 0.05) is 56.5 Å². The summed E-state index contributed by atoms with van der Waals surface area (Å²) in [5, 5.41) is 0.766. The molecule has 2 N–H and O–H groups in total. The van der Waals surface area contributed by atoms with Crippen molar-refractivity contribution in [2.24, 2.45) is 10.7 Å². The fourth-order valence-electron chi connectivity index (χ4n) is 3.96. The Morgan fingerprint density at radius 3 is 2.32 bits per heavy atom. The first-order valence-electron chi connectivity index (χ1n) is 10.6. The number of ether oxygens (including phenoxy) is 1. The van der Waals surface area contributed by atoms with Gasteiger partial charge in [-0.25, -0.2) is 4.99 Å². The Bertz CT molecular complexity index is 849. The van der Waals surface area contributed by atoms with Gasteiger partial charge >= 0.3 is 0 Å². The van der Waals surface area contributed by atoms with Crippen LogP contribution in [-0.4, -0.2) is 68.2 Å². The Morgan fingerprint density at radius 1 is 0.935 bits per heavy atom. The minimum absolute atomic E-state index is 0. The SMILES string of the molecule is I.NC(=NCc1cccc(CN2CCOCC2)c1)N1CCN(c2ccc(Cl)cc2)CC1. The molecule has 6 nitrogen and oxygen atoms in total. The van der Waals surface area contributed by atoms with Gasteiger partial charge in [0.15, 0.2) is 5.96 Å². The van der Waals surface area contributed by atoms with E-state index in [1.54, 1.807) is 0 Å². The van der Waals surface area contributed by atoms with Crippen molar-refractivity contribution in [3.8, 4) is 0 Å². The van der Waals surface area contributed by atoms with Gasteiger partial charge in [0.1, 0.15) is 0 Å². The molecule has 0 radical (unpaired) electrons. The van der Waals surface area contributed by atoms with E-state index in [9.17, 15) is 0 Å². The second-order valence-electron chi connectivity index (χ2n) is 7.83. The van der Waals surface area contributed by atoms with Gasteiger partial charge in [0.25, 0.3) is 0 Å². The summed E-state index contributed by atoms with van der Waals surface area (Å²) in [6.45, 7) is 8.80. The summed E-state index contributed by atoms with van der Waals surface area (Å²) in [5.41, 5.74) is 10.0. The Balaban J connectivity index is 0.00000272. The van der Waals surface area contributed by atoms with E-state index < -0.39 is 0 Å². The van der Waals surface area contributed by atoms with E-state index in [2.05, 4.69) is 56.1 Å². The fraction of sp³-hybridized carbons (Fsp3) is 0.435. The summed E-state index contributed by atoms with van der Waals surface area (Å²) in [5.74, 6) is 0.629. The van der Waals surface area contributed by atoms with Crippen LogP contribution in [0.5, 0.6) is 0 Å². The minimum atomic E-state index is 0. The maximum Gasteiger partial charge on any atom is 0.191 e. The van der Waals surface area contributed by atoms with Crippen LogP contribution in [0.3, 0.4) is 0 Å². The lowest BCUT2D eigenvalue weighted by molar-refractivity contribution is 0.0342. The van der Waals surface area contributed by atoms with E-state index >= 15 is 0 Å². The van der Waals surface area contributed by atoms with Gasteiger partial charge < -0.3 is 20.3 Å². The quantitative estimate of drug-likeness (QED) is 0.348. The van der Waals surface area contributed by atoms with Crippen molar-refractivity contribution >= 4 is 47.2 Å². The third kappa shape index (κ3) is 6.97. The van der Waals surface area contributed by atoms with E-state index in [4.69, 9.17) is 22.1 Å². The van der Waals surface area contributed by atoms with Crippen molar-refractivity contribution in [1.82, 2.24) is 9.80 Å². The molecule has 2 saturated heterocycles. The van der Waals surface area contributed by atoms with Crippen LogP contribution in [0, 0.1) is 0 Å². The third-order valence-corrected chi connectivity index (χ3v) is 5.97. The first kappa shape index (κ1) is 24.1. The van der Waals surface area contributed by atoms with Gasteiger partial charge in [-0.05, 0) is 35.4 Å². The first-order chi connectivity index (χ1) is 14.7. The first-order valence-corrected chi connectivity index (χ1v) is 11.0. The summed E-state index contributed by atoms with van der Waals surface area (Å²) in [6.07, 6.45) is 0. The predicted octanol–water partition coefficient (Wildman–Crippen LogP) is 3.43. The van der Waals surface area contributed by atoms with Crippen LogP contribution in [0.4, 0.5) is 5.69 Å². The molecule has 0 saturated carbocycles. The highest BCUT2D eigenvalue weighted by molar-refractivity contribution is 14.0. The lowest BCUT2D eigenvalue weighted by Gasteiger charge is -2.36. The van der Waals surface area contributed by atoms with Crippen molar-refractivity contribution in [2.45, 2.75) is 13.1 Å². The maximum absolute atomic E-state index is 6.31. The number of nitrogens with two attached hydrogens (primary N) is 1. The molecule has 0 bridgehead atoms. The number of piperazine rings is 1. The zero-order valence-electron chi connectivity index (χ0n) is 17.8. The van der Waals surface area contributed by atoms with Gasteiger partial charge in [0.05, 0.1) is 19.8 Å². The minimum Gasteiger partial charge on any atom is -0.379 e. The highest BCUT2D eigenvalue weighted by Crippen LogP contribution is 2.19. The molecule has 0 aliphatic carbocycles. The number of anilines is 1. The molecule has 8 heteroatoms. The number of benzene rings is 2. The van der Waals surface area contributed by atoms with Gasteiger partial charge in [-0.15, -0.1) is 24.0 Å². The lowest BCUT2D eigenvalue weighted by Crippen LogP contribution is -2.51. The second kappa shape index (κ2) is 11.9. The second-order valence-corrected chi connectivity index (χ2v) is 8.27. The molecule has 31 heavy (non-hydrogen) atoms. The van der Waals surface area contributed by atoms with Crippen molar-refractivity contribution < 1.29 is 4.74 Å². The number of hydrogen-bond donors (Lipinski definition) is 1. The van der Waals surface area contributed by atoms with Crippen LogP contribution in [0.2, 0.25) is 5.02 Å². The Morgan fingerprint density at radius 2 is 1.61 bits per heavy atom. The van der Waals surface area contributed by atoms with Gasteiger partial charge in [-0.3, -0.25) is 4.90 Å². The molecule has 0 atom stereocenters. The molecule has 2 aromatic carbocycles. The zero-order chi connectivity index (χ0) is 20.8. The van der Waals surface area contributed by atoms with Gasteiger partial charge in [-0.2, -0.15) is 0 Å². The lowest BCUT2D eigenvalue weighted by atomic mass is 10.1. The van der Waals surface area contributed by atoms with Crippen LogP contribution in [0.15, 0.2) is 53.5 Å². The molecule has 0 amide bonds. The molecule has 168 valence electrons. The maximum atomic E-state index is 6.31. The summed E-state index contributed by atoms with van der Waals surface area (Å²) in [4.78, 5) is 11.6. The standard InChI is InChI=1S/C23H30ClN5O.HI/c24-21-4-6-22(7-5-21)28-8-10-29(11-9-28)23(25)26-17-19-2-1-3-20(16-19)18-27-12-14-30-15-13-27;/h1-7,16H,8-15,17-18H2,(H2,25,26);1H. The largest absolute Gasteiger partial charge is 0.379 e. The van der Waals surface area contributed by atoms with Crippen LogP contribution >= 0.6 is 35.6 Å². The molecule has 2 aliphatic rings. The predicted molar refractivity (Wildman–Crippen MR) is 139 cm³/mol. The molecule has 2 fully saturated rings. The van der Waals surface area contributed by atoms with Crippen molar-refractivity contribution in [3.05, 3.63) is 64.7 Å². The highest BCUT2D eigenvalue weighted by atomic mass is 127. The molecular weight excluding hydrogens is 525 g/mol. The molecule has 0 spiro atoms. The van der Waals surface area contributed by atoms with Crippen molar-refractivity contribution in [2.75, 3.05) is 57.4 Å². The molecular formula is C23H31ClIN5O. The normalized spacial score (nSPS) is 18.0. The highest BCUT2D eigenvalue weighted by Gasteiger charge is 2.18. The van der Waals surface area contributed by atoms with E-state index in [0.717, 1.165) is 64.0 Å². The summed E-state index contributed by atoms with van der Waals surface area (Å²) in [7, 11) is 0. The summed E-state index contributed by atoms with van der Waals surface area (Å²) < 4.78 is 5.43. The number of guanidine groups is 1. The molecule has 2 heterocycles. The average molecular weight is 556 g/mol. The fourth-order valence-corrected chi connectivity index (χ4v) is 4.09. The molecule has 2 aliphatic heterocycles. The number of rotatable bonds is 5. The van der Waals surface area contributed by atoms with Crippen LogP contribution in [0.25, 0.3) is 0 Å².